The van der Waals surface area contributed by atoms with Crippen molar-refractivity contribution in [3.05, 3.63) is 0 Å². The average molecular weight is 255 g/mol. The monoisotopic (exact) mass is 255 g/mol. The van der Waals surface area contributed by atoms with Gasteiger partial charge in [-0.05, 0) is 33.1 Å². The molecule has 0 aliphatic carbocycles. The predicted octanol–water partition coefficient (Wildman–Crippen LogP) is 0.631. The molecule has 0 spiro atoms. The van der Waals surface area contributed by atoms with Crippen LogP contribution in [-0.2, 0) is 9.59 Å². The Morgan fingerprint density at radius 3 is 2.33 bits per heavy atom. The van der Waals surface area contributed by atoms with Crippen LogP contribution in [0.2, 0.25) is 0 Å². The van der Waals surface area contributed by atoms with Crippen LogP contribution in [0, 0.1) is 0 Å². The van der Waals surface area contributed by atoms with E-state index in [4.69, 9.17) is 5.73 Å². The van der Waals surface area contributed by atoms with E-state index in [0.29, 0.717) is 12.8 Å². The number of nitrogens with two attached hydrogens (primary N) is 1. The fourth-order valence-corrected chi connectivity index (χ4v) is 2.15. The number of piperidine rings is 1. The third kappa shape index (κ3) is 5.49. The molecule has 0 aromatic heterocycles. The minimum atomic E-state index is -0.288. The van der Waals surface area contributed by atoms with Gasteiger partial charge in [-0.25, -0.2) is 0 Å². The number of hydrogen-bond acceptors (Lipinski definition) is 3. The van der Waals surface area contributed by atoms with Gasteiger partial charge >= 0.3 is 0 Å². The quantitative estimate of drug-likeness (QED) is 0.773. The molecule has 5 nitrogen and oxygen atoms in total. The van der Waals surface area contributed by atoms with E-state index in [-0.39, 0.29) is 23.4 Å². The smallest absolute Gasteiger partial charge is 0.222 e. The van der Waals surface area contributed by atoms with Crippen LogP contribution < -0.4 is 11.1 Å². The molecule has 1 heterocycles. The summed E-state index contributed by atoms with van der Waals surface area (Å²) in [5.41, 5.74) is 5.58. The van der Waals surface area contributed by atoms with Crippen LogP contribution in [0.25, 0.3) is 0 Å². The number of nitrogens with one attached hydrogen (secondary N) is 1. The summed E-state index contributed by atoms with van der Waals surface area (Å²) in [5.74, 6) is 0.180. The Morgan fingerprint density at radius 1 is 1.33 bits per heavy atom. The summed E-state index contributed by atoms with van der Waals surface area (Å²) in [6.45, 7) is 6.86. The molecule has 0 atom stereocenters. The normalized spacial score (nSPS) is 17.7. The minimum absolute atomic E-state index is 0.00431. The first-order chi connectivity index (χ1) is 8.28. The molecule has 0 unspecified atom stereocenters. The topological polar surface area (TPSA) is 75.4 Å². The molecule has 1 rings (SSSR count). The maximum atomic E-state index is 12.0. The van der Waals surface area contributed by atoms with Gasteiger partial charge in [-0.3, -0.25) is 9.59 Å². The number of amides is 2. The van der Waals surface area contributed by atoms with Gasteiger partial charge in [0, 0.05) is 38.0 Å². The SMILES string of the molecule is CC(=O)NC1CCN(C(=O)CCC(C)(C)N)CC1. The average Bonchev–Trinajstić information content (AvgIpc) is 2.25. The second-order valence-electron chi connectivity index (χ2n) is 5.84. The van der Waals surface area contributed by atoms with Gasteiger partial charge in [0.15, 0.2) is 0 Å². The number of carbonyl (C=O) groups is 2. The van der Waals surface area contributed by atoms with Crippen molar-refractivity contribution in [3.8, 4) is 0 Å². The van der Waals surface area contributed by atoms with E-state index in [9.17, 15) is 9.59 Å². The van der Waals surface area contributed by atoms with Crippen LogP contribution >= 0.6 is 0 Å². The molecule has 0 aromatic rings. The van der Waals surface area contributed by atoms with Crippen molar-refractivity contribution in [1.29, 1.82) is 0 Å². The standard InChI is InChI=1S/C13H25N3O2/c1-10(17)15-11-5-8-16(9-6-11)12(18)4-7-13(2,3)14/h11H,4-9,14H2,1-3H3,(H,15,17). The Morgan fingerprint density at radius 2 is 1.89 bits per heavy atom. The molecule has 1 aliphatic rings. The molecular formula is C13H25N3O2. The van der Waals surface area contributed by atoms with Crippen LogP contribution in [0.3, 0.4) is 0 Å². The highest BCUT2D eigenvalue weighted by Gasteiger charge is 2.24. The molecule has 3 N–H and O–H groups in total. The number of likely N-dealkylation sites (tertiary alicyclic amines) is 1. The van der Waals surface area contributed by atoms with E-state index in [0.717, 1.165) is 25.9 Å². The Kier molecular flexibility index (Phi) is 5.14. The summed E-state index contributed by atoms with van der Waals surface area (Å²) >= 11 is 0. The fraction of sp³-hybridized carbons (Fsp3) is 0.846. The van der Waals surface area contributed by atoms with E-state index in [1.807, 2.05) is 18.7 Å². The summed E-state index contributed by atoms with van der Waals surface area (Å²) in [4.78, 5) is 24.8. The van der Waals surface area contributed by atoms with Gasteiger partial charge in [-0.15, -0.1) is 0 Å². The number of nitrogens with zero attached hydrogens (tertiary/aromatic N) is 1. The number of rotatable bonds is 4. The Labute approximate surface area is 109 Å². The highest BCUT2D eigenvalue weighted by molar-refractivity contribution is 5.76. The van der Waals surface area contributed by atoms with Crippen LogP contribution in [0.5, 0.6) is 0 Å². The van der Waals surface area contributed by atoms with Gasteiger partial charge < -0.3 is 16.0 Å². The first-order valence-electron chi connectivity index (χ1n) is 6.62. The van der Waals surface area contributed by atoms with Crippen molar-refractivity contribution in [2.75, 3.05) is 13.1 Å². The first kappa shape index (κ1) is 15.0. The summed E-state index contributed by atoms with van der Waals surface area (Å²) in [5, 5.41) is 2.90. The first-order valence-corrected chi connectivity index (χ1v) is 6.62. The molecule has 0 bridgehead atoms. The van der Waals surface area contributed by atoms with Gasteiger partial charge in [-0.2, -0.15) is 0 Å². The number of carbonyl (C=O) groups excluding carboxylic acids is 2. The van der Waals surface area contributed by atoms with Gasteiger partial charge in [-0.1, -0.05) is 0 Å². The Balaban J connectivity index is 2.29. The van der Waals surface area contributed by atoms with Crippen LogP contribution in [0.4, 0.5) is 0 Å². The maximum absolute atomic E-state index is 12.0. The highest BCUT2D eigenvalue weighted by atomic mass is 16.2. The second kappa shape index (κ2) is 6.18. The zero-order valence-corrected chi connectivity index (χ0v) is 11.7. The predicted molar refractivity (Wildman–Crippen MR) is 70.9 cm³/mol. The van der Waals surface area contributed by atoms with Crippen LogP contribution in [-0.4, -0.2) is 41.4 Å². The molecule has 0 aromatic carbocycles. The molecular weight excluding hydrogens is 230 g/mol. The Bertz CT molecular complexity index is 302. The van der Waals surface area contributed by atoms with Crippen LogP contribution in [0.15, 0.2) is 0 Å². The summed E-state index contributed by atoms with van der Waals surface area (Å²) in [6.07, 6.45) is 2.90. The molecule has 0 saturated carbocycles. The largest absolute Gasteiger partial charge is 0.353 e. The van der Waals surface area contributed by atoms with E-state index >= 15 is 0 Å². The van der Waals surface area contributed by atoms with Crippen molar-refractivity contribution >= 4 is 11.8 Å². The fourth-order valence-electron chi connectivity index (χ4n) is 2.15. The maximum Gasteiger partial charge on any atom is 0.222 e. The van der Waals surface area contributed by atoms with E-state index in [2.05, 4.69) is 5.32 Å². The van der Waals surface area contributed by atoms with E-state index in [1.54, 1.807) is 0 Å². The zero-order valence-electron chi connectivity index (χ0n) is 11.7. The zero-order chi connectivity index (χ0) is 13.8. The van der Waals surface area contributed by atoms with Crippen molar-refractivity contribution < 1.29 is 9.59 Å². The van der Waals surface area contributed by atoms with Gasteiger partial charge in [0.2, 0.25) is 11.8 Å². The molecule has 18 heavy (non-hydrogen) atoms. The lowest BCUT2D eigenvalue weighted by Crippen LogP contribution is -2.46. The lowest BCUT2D eigenvalue weighted by atomic mass is 9.98. The van der Waals surface area contributed by atoms with Gasteiger partial charge in [0.1, 0.15) is 0 Å². The molecule has 1 saturated heterocycles. The van der Waals surface area contributed by atoms with E-state index in [1.165, 1.54) is 6.92 Å². The number of hydrogen-bond donors (Lipinski definition) is 2. The lowest BCUT2D eigenvalue weighted by molar-refractivity contribution is -0.132. The Hall–Kier alpha value is -1.10. The molecule has 1 aliphatic heterocycles. The third-order valence-electron chi connectivity index (χ3n) is 3.24. The molecule has 2 amide bonds. The van der Waals surface area contributed by atoms with Crippen molar-refractivity contribution in [1.82, 2.24) is 10.2 Å². The van der Waals surface area contributed by atoms with Crippen molar-refractivity contribution in [2.45, 2.75) is 58.0 Å². The van der Waals surface area contributed by atoms with Crippen LogP contribution in [0.1, 0.15) is 46.5 Å². The van der Waals surface area contributed by atoms with Crippen molar-refractivity contribution in [2.24, 2.45) is 5.73 Å². The van der Waals surface area contributed by atoms with Crippen molar-refractivity contribution in [3.63, 3.8) is 0 Å². The molecule has 0 radical (unpaired) electrons. The summed E-state index contributed by atoms with van der Waals surface area (Å²) < 4.78 is 0. The van der Waals surface area contributed by atoms with E-state index < -0.39 is 0 Å². The molecule has 104 valence electrons. The van der Waals surface area contributed by atoms with Gasteiger partial charge in [0.05, 0.1) is 0 Å². The lowest BCUT2D eigenvalue weighted by Gasteiger charge is -2.32. The van der Waals surface area contributed by atoms with Gasteiger partial charge in [0.25, 0.3) is 0 Å². The summed E-state index contributed by atoms with van der Waals surface area (Å²) in [7, 11) is 0. The molecule has 1 fully saturated rings. The minimum Gasteiger partial charge on any atom is -0.353 e. The summed E-state index contributed by atoms with van der Waals surface area (Å²) in [6, 6.07) is 0.220. The second-order valence-corrected chi connectivity index (χ2v) is 5.84. The molecule has 5 heteroatoms. The third-order valence-corrected chi connectivity index (χ3v) is 3.24. The highest BCUT2D eigenvalue weighted by Crippen LogP contribution is 2.14.